The molecular formula is C19H29N3O4S. The number of primary amides is 1. The number of nitrogens with zero attached hydrogens (tertiary/aromatic N) is 2. The van der Waals surface area contributed by atoms with E-state index in [-0.39, 0.29) is 17.7 Å². The summed E-state index contributed by atoms with van der Waals surface area (Å²) in [4.78, 5) is 26.2. The van der Waals surface area contributed by atoms with Crippen LogP contribution < -0.4 is 10.0 Å². The van der Waals surface area contributed by atoms with Crippen LogP contribution in [0.15, 0.2) is 18.2 Å². The lowest BCUT2D eigenvalue weighted by Gasteiger charge is -2.37. The molecule has 2 amide bonds. The van der Waals surface area contributed by atoms with E-state index >= 15 is 0 Å². The fourth-order valence-corrected chi connectivity index (χ4v) is 4.83. The lowest BCUT2D eigenvalue weighted by Crippen LogP contribution is -2.53. The SMILES string of the molecule is CC[C@H](C(=O)N1CCC(C(N)=O)CC1)N(c1cc(C)ccc1C)S(C)(=O)=O. The standard InChI is InChI=1S/C19H29N3O4S/c1-5-16(19(24)21-10-8-15(9-11-21)18(20)23)22(27(4,25)26)17-12-13(2)6-7-14(17)3/h6-7,12,15-16H,5,8-11H2,1-4H3,(H2,20,23)/t16-/m1/s1. The van der Waals surface area contributed by atoms with Gasteiger partial charge in [0.2, 0.25) is 21.8 Å². The Bertz CT molecular complexity index is 814. The Balaban J connectivity index is 2.35. The second kappa shape index (κ2) is 8.29. The third-order valence-corrected chi connectivity index (χ3v) is 6.29. The molecule has 1 heterocycles. The number of sulfonamides is 1. The van der Waals surface area contributed by atoms with Gasteiger partial charge >= 0.3 is 0 Å². The maximum absolute atomic E-state index is 13.2. The van der Waals surface area contributed by atoms with Crippen LogP contribution in [0.1, 0.15) is 37.3 Å². The Morgan fingerprint density at radius 3 is 2.33 bits per heavy atom. The average Bonchev–Trinajstić information content (AvgIpc) is 2.60. The average molecular weight is 396 g/mol. The third kappa shape index (κ3) is 4.80. The molecule has 0 saturated carbocycles. The van der Waals surface area contributed by atoms with Gasteiger partial charge in [-0.3, -0.25) is 13.9 Å². The predicted octanol–water partition coefficient (Wildman–Crippen LogP) is 1.57. The van der Waals surface area contributed by atoms with Crippen molar-refractivity contribution in [1.29, 1.82) is 0 Å². The van der Waals surface area contributed by atoms with Crippen molar-refractivity contribution in [1.82, 2.24) is 4.90 Å². The summed E-state index contributed by atoms with van der Waals surface area (Å²) < 4.78 is 26.5. The summed E-state index contributed by atoms with van der Waals surface area (Å²) in [6.45, 7) is 6.35. The third-order valence-electron chi connectivity index (χ3n) is 5.12. The van der Waals surface area contributed by atoms with Crippen molar-refractivity contribution < 1.29 is 18.0 Å². The monoisotopic (exact) mass is 395 g/mol. The van der Waals surface area contributed by atoms with E-state index in [4.69, 9.17) is 5.73 Å². The van der Waals surface area contributed by atoms with E-state index in [1.807, 2.05) is 32.9 Å². The number of carbonyl (C=O) groups is 2. The van der Waals surface area contributed by atoms with Crippen LogP contribution in [0, 0.1) is 19.8 Å². The summed E-state index contributed by atoms with van der Waals surface area (Å²) in [6.07, 6.45) is 2.51. The van der Waals surface area contributed by atoms with E-state index in [9.17, 15) is 18.0 Å². The van der Waals surface area contributed by atoms with Crippen LogP contribution in [0.2, 0.25) is 0 Å². The fourth-order valence-electron chi connectivity index (χ4n) is 3.57. The number of aryl methyl sites for hydroxylation is 2. The highest BCUT2D eigenvalue weighted by Gasteiger charge is 2.36. The molecule has 0 unspecified atom stereocenters. The molecule has 1 saturated heterocycles. The molecule has 1 fully saturated rings. The van der Waals surface area contributed by atoms with Gasteiger partial charge in [-0.15, -0.1) is 0 Å². The maximum atomic E-state index is 13.2. The molecule has 1 aliphatic heterocycles. The van der Waals surface area contributed by atoms with Crippen molar-refractivity contribution in [2.24, 2.45) is 11.7 Å². The molecule has 0 radical (unpaired) electrons. The first-order valence-corrected chi connectivity index (χ1v) is 11.1. The molecule has 27 heavy (non-hydrogen) atoms. The minimum absolute atomic E-state index is 0.223. The Morgan fingerprint density at radius 2 is 1.85 bits per heavy atom. The van der Waals surface area contributed by atoms with Gasteiger partial charge in [0, 0.05) is 19.0 Å². The second-order valence-electron chi connectivity index (χ2n) is 7.27. The zero-order valence-corrected chi connectivity index (χ0v) is 17.3. The van der Waals surface area contributed by atoms with E-state index in [0.717, 1.165) is 17.4 Å². The molecule has 1 aliphatic rings. The number of amides is 2. The van der Waals surface area contributed by atoms with Crippen LogP contribution in [-0.2, 0) is 19.6 Å². The van der Waals surface area contributed by atoms with E-state index in [0.29, 0.717) is 38.0 Å². The largest absolute Gasteiger partial charge is 0.369 e. The number of anilines is 1. The minimum atomic E-state index is -3.66. The highest BCUT2D eigenvalue weighted by Crippen LogP contribution is 2.29. The fraction of sp³-hybridized carbons (Fsp3) is 0.579. The van der Waals surface area contributed by atoms with Crippen molar-refractivity contribution >= 4 is 27.5 Å². The number of benzene rings is 1. The van der Waals surface area contributed by atoms with Crippen LogP contribution in [0.4, 0.5) is 5.69 Å². The zero-order valence-electron chi connectivity index (χ0n) is 16.4. The number of carbonyl (C=O) groups excluding carboxylic acids is 2. The molecule has 1 aromatic rings. The summed E-state index contributed by atoms with van der Waals surface area (Å²) in [7, 11) is -3.66. The first kappa shape index (κ1) is 21.2. The van der Waals surface area contributed by atoms with Gasteiger partial charge in [-0.05, 0) is 50.3 Å². The number of hydrogen-bond donors (Lipinski definition) is 1. The Morgan fingerprint density at radius 1 is 1.26 bits per heavy atom. The van der Waals surface area contributed by atoms with Gasteiger partial charge < -0.3 is 10.6 Å². The van der Waals surface area contributed by atoms with E-state index in [1.54, 1.807) is 11.0 Å². The van der Waals surface area contributed by atoms with Crippen molar-refractivity contribution in [3.63, 3.8) is 0 Å². The molecule has 0 aromatic heterocycles. The topological polar surface area (TPSA) is 101 Å². The van der Waals surface area contributed by atoms with Crippen LogP contribution >= 0.6 is 0 Å². The first-order valence-electron chi connectivity index (χ1n) is 9.21. The Kier molecular flexibility index (Phi) is 6.51. The molecule has 0 spiro atoms. The maximum Gasteiger partial charge on any atom is 0.246 e. The first-order chi connectivity index (χ1) is 12.6. The molecular weight excluding hydrogens is 366 g/mol. The van der Waals surface area contributed by atoms with Gasteiger partial charge in [0.1, 0.15) is 6.04 Å². The molecule has 150 valence electrons. The number of hydrogen-bond acceptors (Lipinski definition) is 4. The van der Waals surface area contributed by atoms with Gasteiger partial charge in [-0.2, -0.15) is 0 Å². The molecule has 0 aliphatic carbocycles. The zero-order chi connectivity index (χ0) is 20.4. The van der Waals surface area contributed by atoms with Gasteiger partial charge in [-0.25, -0.2) is 8.42 Å². The smallest absolute Gasteiger partial charge is 0.246 e. The van der Waals surface area contributed by atoms with Gasteiger partial charge in [0.15, 0.2) is 0 Å². The van der Waals surface area contributed by atoms with E-state index in [2.05, 4.69) is 0 Å². The predicted molar refractivity (Wildman–Crippen MR) is 106 cm³/mol. The Hall–Kier alpha value is -2.09. The minimum Gasteiger partial charge on any atom is -0.369 e. The molecule has 0 bridgehead atoms. The van der Waals surface area contributed by atoms with Crippen molar-refractivity contribution in [3.8, 4) is 0 Å². The van der Waals surface area contributed by atoms with Gasteiger partial charge in [0.25, 0.3) is 0 Å². The van der Waals surface area contributed by atoms with Crippen molar-refractivity contribution in [2.75, 3.05) is 23.7 Å². The van der Waals surface area contributed by atoms with Crippen LogP contribution in [0.3, 0.4) is 0 Å². The quantitative estimate of drug-likeness (QED) is 0.790. The van der Waals surface area contributed by atoms with Crippen LogP contribution in [0.25, 0.3) is 0 Å². The number of rotatable bonds is 6. The highest BCUT2D eigenvalue weighted by atomic mass is 32.2. The summed E-state index contributed by atoms with van der Waals surface area (Å²) in [5.41, 5.74) is 7.61. The molecule has 2 N–H and O–H groups in total. The lowest BCUT2D eigenvalue weighted by molar-refractivity contribution is -0.135. The van der Waals surface area contributed by atoms with Crippen molar-refractivity contribution in [3.05, 3.63) is 29.3 Å². The number of nitrogens with two attached hydrogens (primary N) is 1. The molecule has 1 atom stereocenters. The summed E-state index contributed by atoms with van der Waals surface area (Å²) >= 11 is 0. The molecule has 7 nitrogen and oxygen atoms in total. The van der Waals surface area contributed by atoms with Crippen LogP contribution in [0.5, 0.6) is 0 Å². The van der Waals surface area contributed by atoms with E-state index < -0.39 is 16.1 Å². The Labute approximate surface area is 161 Å². The van der Waals surface area contributed by atoms with Crippen molar-refractivity contribution in [2.45, 2.75) is 46.1 Å². The highest BCUT2D eigenvalue weighted by molar-refractivity contribution is 7.92. The lowest BCUT2D eigenvalue weighted by atomic mass is 9.95. The molecule has 2 rings (SSSR count). The van der Waals surface area contributed by atoms with Gasteiger partial charge in [-0.1, -0.05) is 19.1 Å². The van der Waals surface area contributed by atoms with Crippen LogP contribution in [-0.4, -0.2) is 50.5 Å². The molecule has 1 aromatic carbocycles. The second-order valence-corrected chi connectivity index (χ2v) is 9.13. The van der Waals surface area contributed by atoms with Gasteiger partial charge in [0.05, 0.1) is 11.9 Å². The molecule has 8 heteroatoms. The van der Waals surface area contributed by atoms with E-state index in [1.165, 1.54) is 4.31 Å². The number of piperidine rings is 1. The number of likely N-dealkylation sites (tertiary alicyclic amines) is 1. The summed E-state index contributed by atoms with van der Waals surface area (Å²) in [5, 5.41) is 0. The summed E-state index contributed by atoms with van der Waals surface area (Å²) in [5.74, 6) is -0.798. The normalized spacial score (nSPS) is 16.8. The summed E-state index contributed by atoms with van der Waals surface area (Å²) in [6, 6.07) is 4.76.